The lowest BCUT2D eigenvalue weighted by Crippen LogP contribution is -2.75. The minimum Gasteiger partial charge on any atom is -0.381 e. The zero-order valence-electron chi connectivity index (χ0n) is 27.0. The lowest BCUT2D eigenvalue weighted by molar-refractivity contribution is -0.251. The number of aromatic amines is 1. The molecule has 6 rings (SSSR count). The van der Waals surface area contributed by atoms with E-state index in [9.17, 15) is 29.5 Å². The average Bonchev–Trinajstić information content (AvgIpc) is 3.55. The van der Waals surface area contributed by atoms with E-state index in [-0.39, 0.29) is 36.5 Å². The van der Waals surface area contributed by atoms with Crippen molar-refractivity contribution in [3.05, 3.63) is 41.8 Å². The van der Waals surface area contributed by atoms with Gasteiger partial charge in [0, 0.05) is 41.3 Å². The standard InChI is InChI=1S/C35H45N5O5/c1-30-10-11-31(2,20-38-27(43)19-37-29(44)21-17-39-40-18-21)24(16-36)28(30)35(45)26(42)15-25-32(3)8-7-23(41)14-22(32)6-9-33(25,4)34(35,5)13-12-30/h7-8,15,17-18,22,24,28,45H,6,9-14,19-20H2,1-5H3,(H,37,44)(H,38,43)(H,39,40). The molecule has 0 aromatic carbocycles. The number of amides is 2. The zero-order chi connectivity index (χ0) is 32.6. The zero-order valence-corrected chi connectivity index (χ0v) is 27.0. The van der Waals surface area contributed by atoms with Gasteiger partial charge in [-0.1, -0.05) is 40.7 Å². The molecule has 0 bridgehead atoms. The number of carbonyl (C=O) groups is 4. The molecule has 0 saturated heterocycles. The monoisotopic (exact) mass is 615 g/mol. The van der Waals surface area contributed by atoms with Crippen molar-refractivity contribution in [2.75, 3.05) is 13.1 Å². The van der Waals surface area contributed by atoms with Crippen molar-refractivity contribution in [2.24, 2.45) is 44.8 Å². The molecule has 0 aliphatic heterocycles. The van der Waals surface area contributed by atoms with Gasteiger partial charge in [0.15, 0.2) is 11.6 Å². The smallest absolute Gasteiger partial charge is 0.254 e. The molecular formula is C35H45N5O5. The molecule has 10 nitrogen and oxygen atoms in total. The largest absolute Gasteiger partial charge is 0.381 e. The number of nitriles is 1. The summed E-state index contributed by atoms with van der Waals surface area (Å²) in [6.45, 7) is 10.4. The molecule has 5 aliphatic rings. The van der Waals surface area contributed by atoms with E-state index in [2.05, 4.69) is 54.6 Å². The number of nitrogens with zero attached hydrogens (tertiary/aromatic N) is 2. The molecule has 1 aromatic rings. The van der Waals surface area contributed by atoms with Crippen LogP contribution in [0.1, 0.15) is 89.9 Å². The van der Waals surface area contributed by atoms with Crippen molar-refractivity contribution in [1.82, 2.24) is 20.8 Å². The second-order valence-electron chi connectivity index (χ2n) is 15.7. The van der Waals surface area contributed by atoms with Gasteiger partial charge in [0.1, 0.15) is 5.60 Å². The number of allylic oxidation sites excluding steroid dienone is 3. The van der Waals surface area contributed by atoms with E-state index < -0.39 is 50.4 Å². The summed E-state index contributed by atoms with van der Waals surface area (Å²) in [4.78, 5) is 52.0. The van der Waals surface area contributed by atoms with Crippen LogP contribution in [-0.2, 0) is 14.4 Å². The Kier molecular flexibility index (Phi) is 7.13. The van der Waals surface area contributed by atoms with Crippen LogP contribution in [0.4, 0.5) is 0 Å². The van der Waals surface area contributed by atoms with Crippen LogP contribution in [0.2, 0.25) is 0 Å². The normalized spacial score (nSPS) is 43.5. The minimum absolute atomic E-state index is 0.115. The summed E-state index contributed by atoms with van der Waals surface area (Å²) in [6.07, 6.45) is 13.0. The number of hydrogen-bond donors (Lipinski definition) is 4. The van der Waals surface area contributed by atoms with Gasteiger partial charge in [-0.25, -0.2) is 0 Å². The van der Waals surface area contributed by atoms with E-state index in [0.29, 0.717) is 31.2 Å². The van der Waals surface area contributed by atoms with E-state index >= 15 is 0 Å². The molecule has 0 spiro atoms. The van der Waals surface area contributed by atoms with Gasteiger partial charge in [-0.2, -0.15) is 10.4 Å². The third kappa shape index (κ3) is 4.25. The number of rotatable bonds is 5. The van der Waals surface area contributed by atoms with Crippen molar-refractivity contribution in [2.45, 2.75) is 85.2 Å². The number of fused-ring (bicyclic) bond motifs is 7. The minimum atomic E-state index is -1.78. The molecule has 3 saturated carbocycles. The first-order valence-corrected chi connectivity index (χ1v) is 16.2. The van der Waals surface area contributed by atoms with Gasteiger partial charge in [-0.3, -0.25) is 24.3 Å². The highest BCUT2D eigenvalue weighted by Gasteiger charge is 2.76. The number of aliphatic hydroxyl groups is 1. The Morgan fingerprint density at radius 2 is 1.82 bits per heavy atom. The van der Waals surface area contributed by atoms with E-state index in [4.69, 9.17) is 0 Å². The summed E-state index contributed by atoms with van der Waals surface area (Å²) >= 11 is 0. The highest BCUT2D eigenvalue weighted by atomic mass is 16.3. The van der Waals surface area contributed by atoms with Gasteiger partial charge in [-0.15, -0.1) is 0 Å². The van der Waals surface area contributed by atoms with Gasteiger partial charge in [0.25, 0.3) is 5.91 Å². The van der Waals surface area contributed by atoms with Crippen molar-refractivity contribution < 1.29 is 24.3 Å². The Morgan fingerprint density at radius 1 is 1.09 bits per heavy atom. The third-order valence-corrected chi connectivity index (χ3v) is 13.5. The lowest BCUT2D eigenvalue weighted by Gasteiger charge is -2.71. The van der Waals surface area contributed by atoms with E-state index in [1.807, 2.05) is 13.0 Å². The van der Waals surface area contributed by atoms with Gasteiger partial charge in [-0.05, 0) is 73.0 Å². The second-order valence-corrected chi connectivity index (χ2v) is 15.7. The summed E-state index contributed by atoms with van der Waals surface area (Å²) in [7, 11) is 0. The van der Waals surface area contributed by atoms with Crippen LogP contribution in [0.25, 0.3) is 0 Å². The summed E-state index contributed by atoms with van der Waals surface area (Å²) < 4.78 is 0. The maximum Gasteiger partial charge on any atom is 0.254 e. The van der Waals surface area contributed by atoms with Crippen molar-refractivity contribution in [3.8, 4) is 6.07 Å². The van der Waals surface area contributed by atoms with Crippen LogP contribution in [-0.4, -0.2) is 57.4 Å². The van der Waals surface area contributed by atoms with Crippen LogP contribution in [0, 0.1) is 56.2 Å². The van der Waals surface area contributed by atoms with Crippen LogP contribution >= 0.6 is 0 Å². The first-order valence-electron chi connectivity index (χ1n) is 16.2. The lowest BCUT2D eigenvalue weighted by atomic mass is 9.32. The molecule has 1 heterocycles. The van der Waals surface area contributed by atoms with E-state index in [0.717, 1.165) is 24.8 Å². The second kappa shape index (κ2) is 10.2. The highest BCUT2D eigenvalue weighted by molar-refractivity contribution is 6.01. The molecule has 4 N–H and O–H groups in total. The van der Waals surface area contributed by atoms with Crippen molar-refractivity contribution in [3.63, 3.8) is 0 Å². The Labute approximate surface area is 264 Å². The van der Waals surface area contributed by atoms with Crippen molar-refractivity contribution >= 4 is 23.4 Å². The topological polar surface area (TPSA) is 165 Å². The number of ketones is 2. The molecule has 45 heavy (non-hydrogen) atoms. The maximum absolute atomic E-state index is 14.6. The average molecular weight is 616 g/mol. The number of carbonyl (C=O) groups excluding carboxylic acids is 4. The molecule has 1 aromatic heterocycles. The quantitative estimate of drug-likeness (QED) is 0.391. The van der Waals surface area contributed by atoms with Gasteiger partial charge < -0.3 is 15.7 Å². The Balaban J connectivity index is 1.32. The number of hydrogen-bond acceptors (Lipinski definition) is 7. The SMILES string of the molecule is CC1(CNC(=O)CNC(=O)c2cn[nH]c2)CCC2(C)CCC3(C)C4(C)CCC5CC(=O)C=CC5(C)C4=CC(=O)C3(O)C2C1C#N. The summed E-state index contributed by atoms with van der Waals surface area (Å²) in [5, 5.41) is 35.7. The third-order valence-electron chi connectivity index (χ3n) is 13.5. The van der Waals surface area contributed by atoms with E-state index in [1.165, 1.54) is 12.4 Å². The van der Waals surface area contributed by atoms with E-state index in [1.54, 1.807) is 12.2 Å². The molecule has 0 radical (unpaired) electrons. The predicted octanol–water partition coefficient (Wildman–Crippen LogP) is 3.81. The molecule has 240 valence electrons. The Hall–Kier alpha value is -3.58. The first kappa shape index (κ1) is 31.4. The summed E-state index contributed by atoms with van der Waals surface area (Å²) in [5.74, 6) is -2.26. The summed E-state index contributed by atoms with van der Waals surface area (Å²) in [6, 6.07) is 2.54. The van der Waals surface area contributed by atoms with Crippen LogP contribution in [0.15, 0.2) is 36.2 Å². The Bertz CT molecular complexity index is 1560. The van der Waals surface area contributed by atoms with Gasteiger partial charge in [0.05, 0.1) is 30.3 Å². The maximum atomic E-state index is 14.6. The fraction of sp³-hybridized carbons (Fsp3) is 0.657. The predicted molar refractivity (Wildman–Crippen MR) is 165 cm³/mol. The molecule has 3 fully saturated rings. The Morgan fingerprint density at radius 3 is 2.51 bits per heavy atom. The molecule has 10 heteroatoms. The molecule has 2 amide bonds. The van der Waals surface area contributed by atoms with Crippen LogP contribution in [0.3, 0.4) is 0 Å². The van der Waals surface area contributed by atoms with Crippen LogP contribution in [0.5, 0.6) is 0 Å². The van der Waals surface area contributed by atoms with Crippen molar-refractivity contribution in [1.29, 1.82) is 5.26 Å². The first-order chi connectivity index (χ1) is 21.1. The summed E-state index contributed by atoms with van der Waals surface area (Å²) in [5.41, 5.74) is -3.39. The fourth-order valence-corrected chi connectivity index (χ4v) is 10.3. The van der Waals surface area contributed by atoms with Gasteiger partial charge >= 0.3 is 0 Å². The highest BCUT2D eigenvalue weighted by Crippen LogP contribution is 2.75. The number of nitrogens with one attached hydrogen (secondary N) is 3. The fourth-order valence-electron chi connectivity index (χ4n) is 10.3. The number of aromatic nitrogens is 2. The molecule has 5 aliphatic carbocycles. The van der Waals surface area contributed by atoms with Crippen LogP contribution < -0.4 is 10.6 Å². The molecular weight excluding hydrogens is 570 g/mol. The molecule has 9 unspecified atom stereocenters. The number of H-pyrrole nitrogens is 1. The molecule has 9 atom stereocenters. The van der Waals surface area contributed by atoms with Gasteiger partial charge in [0.2, 0.25) is 5.91 Å².